The van der Waals surface area contributed by atoms with Gasteiger partial charge in [-0.3, -0.25) is 0 Å². The van der Waals surface area contributed by atoms with Crippen molar-refractivity contribution in [3.05, 3.63) is 12.2 Å². The van der Waals surface area contributed by atoms with Crippen molar-refractivity contribution < 1.29 is 31.1 Å². The van der Waals surface area contributed by atoms with Gasteiger partial charge in [0.2, 0.25) is 0 Å². The molecular formula is C12H14F6O. The van der Waals surface area contributed by atoms with Gasteiger partial charge in [0.15, 0.2) is 0 Å². The highest BCUT2D eigenvalue weighted by molar-refractivity contribution is 5.18. The molecule has 1 fully saturated rings. The summed E-state index contributed by atoms with van der Waals surface area (Å²) in [5.41, 5.74) is -5.12. The Balaban J connectivity index is 2.37. The van der Waals surface area contributed by atoms with E-state index in [4.69, 9.17) is 0 Å². The van der Waals surface area contributed by atoms with Crippen LogP contribution in [-0.4, -0.2) is 25.1 Å². The Kier molecular flexibility index (Phi) is 3.20. The average molecular weight is 288 g/mol. The molecular weight excluding hydrogens is 274 g/mol. The van der Waals surface area contributed by atoms with E-state index in [-0.39, 0.29) is 5.92 Å². The van der Waals surface area contributed by atoms with Crippen molar-refractivity contribution in [2.45, 2.75) is 43.6 Å². The molecule has 0 aliphatic heterocycles. The molecule has 0 radical (unpaired) electrons. The highest BCUT2D eigenvalue weighted by atomic mass is 19.4. The van der Waals surface area contributed by atoms with Gasteiger partial charge in [0, 0.05) is 13.5 Å². The van der Waals surface area contributed by atoms with Gasteiger partial charge in [-0.15, -0.1) is 0 Å². The Morgan fingerprint density at radius 3 is 2.00 bits per heavy atom. The van der Waals surface area contributed by atoms with E-state index >= 15 is 0 Å². The van der Waals surface area contributed by atoms with Gasteiger partial charge in [-0.05, 0) is 30.6 Å². The van der Waals surface area contributed by atoms with Crippen molar-refractivity contribution in [2.75, 3.05) is 7.11 Å². The van der Waals surface area contributed by atoms with Gasteiger partial charge in [-0.2, -0.15) is 26.3 Å². The summed E-state index contributed by atoms with van der Waals surface area (Å²) in [4.78, 5) is 0. The molecule has 0 aromatic rings. The van der Waals surface area contributed by atoms with Crippen LogP contribution in [0.3, 0.4) is 0 Å². The molecule has 0 aromatic carbocycles. The van der Waals surface area contributed by atoms with Crippen LogP contribution >= 0.6 is 0 Å². The van der Waals surface area contributed by atoms with Crippen LogP contribution in [0.25, 0.3) is 0 Å². The standard InChI is InChI=1S/C12H14F6O/c1-19-10(11(13,14)15,12(16,17)18)7-9-4-2-8(6-9)3-5-9/h2,4,8H,3,5-7H2,1H3. The van der Waals surface area contributed by atoms with Crippen LogP contribution in [0.5, 0.6) is 0 Å². The second-order valence-corrected chi connectivity index (χ2v) is 5.43. The molecule has 0 amide bonds. The van der Waals surface area contributed by atoms with Crippen LogP contribution in [0.2, 0.25) is 0 Å². The van der Waals surface area contributed by atoms with Gasteiger partial charge in [-0.25, -0.2) is 0 Å². The van der Waals surface area contributed by atoms with E-state index in [1.807, 2.05) is 0 Å². The minimum Gasteiger partial charge on any atom is -0.361 e. The quantitative estimate of drug-likeness (QED) is 0.557. The molecule has 0 aromatic heterocycles. The minimum atomic E-state index is -5.48. The predicted molar refractivity (Wildman–Crippen MR) is 55.4 cm³/mol. The maximum absolute atomic E-state index is 13.0. The summed E-state index contributed by atoms with van der Waals surface area (Å²) >= 11 is 0. The zero-order valence-corrected chi connectivity index (χ0v) is 10.2. The lowest BCUT2D eigenvalue weighted by Gasteiger charge is -2.41. The van der Waals surface area contributed by atoms with Crippen LogP contribution < -0.4 is 0 Å². The van der Waals surface area contributed by atoms with Crippen molar-refractivity contribution in [1.29, 1.82) is 0 Å². The van der Waals surface area contributed by atoms with Gasteiger partial charge >= 0.3 is 12.4 Å². The van der Waals surface area contributed by atoms with E-state index in [2.05, 4.69) is 4.74 Å². The summed E-state index contributed by atoms with van der Waals surface area (Å²) in [7, 11) is 0.475. The maximum atomic E-state index is 13.0. The summed E-state index contributed by atoms with van der Waals surface area (Å²) < 4.78 is 81.8. The van der Waals surface area contributed by atoms with Crippen molar-refractivity contribution in [1.82, 2.24) is 0 Å². The molecule has 2 atom stereocenters. The fourth-order valence-electron chi connectivity index (χ4n) is 3.24. The van der Waals surface area contributed by atoms with Crippen LogP contribution in [0.1, 0.15) is 25.7 Å². The number of rotatable bonds is 3. The molecule has 0 N–H and O–H groups in total. The summed E-state index contributed by atoms with van der Waals surface area (Å²) in [6, 6.07) is 0. The van der Waals surface area contributed by atoms with Crippen molar-refractivity contribution in [3.63, 3.8) is 0 Å². The molecule has 0 spiro atoms. The number of methoxy groups -OCH3 is 1. The van der Waals surface area contributed by atoms with Crippen molar-refractivity contribution in [3.8, 4) is 0 Å². The van der Waals surface area contributed by atoms with Crippen LogP contribution in [0, 0.1) is 11.3 Å². The topological polar surface area (TPSA) is 9.23 Å². The summed E-state index contributed by atoms with van der Waals surface area (Å²) in [5, 5.41) is 0. The van der Waals surface area contributed by atoms with E-state index in [9.17, 15) is 26.3 Å². The molecule has 1 saturated carbocycles. The Hall–Kier alpha value is -0.720. The zero-order valence-electron chi connectivity index (χ0n) is 10.2. The fourth-order valence-corrected chi connectivity index (χ4v) is 3.24. The summed E-state index contributed by atoms with van der Waals surface area (Å²) in [5.74, 6) is 0.107. The number of allylic oxidation sites excluding steroid dienone is 2. The second-order valence-electron chi connectivity index (χ2n) is 5.43. The third-order valence-electron chi connectivity index (χ3n) is 4.27. The maximum Gasteiger partial charge on any atom is 0.426 e. The number of halogens is 6. The highest BCUT2D eigenvalue weighted by Gasteiger charge is 2.73. The second kappa shape index (κ2) is 4.14. The third kappa shape index (κ3) is 2.15. The van der Waals surface area contributed by atoms with E-state index < -0.39 is 29.8 Å². The van der Waals surface area contributed by atoms with Crippen molar-refractivity contribution >= 4 is 0 Å². The third-order valence-corrected chi connectivity index (χ3v) is 4.27. The van der Waals surface area contributed by atoms with E-state index in [1.165, 1.54) is 6.08 Å². The van der Waals surface area contributed by atoms with E-state index in [1.54, 1.807) is 6.08 Å². The molecule has 2 bridgehead atoms. The first-order valence-corrected chi connectivity index (χ1v) is 5.93. The Morgan fingerprint density at radius 2 is 1.74 bits per heavy atom. The summed E-state index contributed by atoms with van der Waals surface area (Å²) in [6.07, 6.45) is -7.48. The van der Waals surface area contributed by atoms with E-state index in [0.29, 0.717) is 26.4 Å². The number of alkyl halides is 6. The van der Waals surface area contributed by atoms with Gasteiger partial charge in [0.05, 0.1) is 0 Å². The number of fused-ring (bicyclic) bond motifs is 2. The molecule has 110 valence electrons. The average Bonchev–Trinajstić information content (AvgIpc) is 2.82. The fraction of sp³-hybridized carbons (Fsp3) is 0.833. The van der Waals surface area contributed by atoms with Gasteiger partial charge in [0.1, 0.15) is 0 Å². The molecule has 2 rings (SSSR count). The molecule has 2 unspecified atom stereocenters. The Labute approximate surface area is 106 Å². The van der Waals surface area contributed by atoms with Gasteiger partial charge in [0.25, 0.3) is 5.60 Å². The lowest BCUT2D eigenvalue weighted by atomic mass is 9.76. The monoisotopic (exact) mass is 288 g/mol. The first-order chi connectivity index (χ1) is 8.55. The molecule has 2 aliphatic carbocycles. The SMILES string of the molecule is COC(CC12C=CC(CC1)C2)(C(F)(F)F)C(F)(F)F. The molecule has 19 heavy (non-hydrogen) atoms. The van der Waals surface area contributed by atoms with Crippen molar-refractivity contribution in [2.24, 2.45) is 11.3 Å². The first kappa shape index (κ1) is 14.7. The predicted octanol–water partition coefficient (Wildman–Crippen LogP) is 4.24. The Morgan fingerprint density at radius 1 is 1.16 bits per heavy atom. The molecule has 0 saturated heterocycles. The lowest BCUT2D eigenvalue weighted by molar-refractivity contribution is -0.381. The normalized spacial score (nSPS) is 31.2. The Bertz CT molecular complexity index is 369. The smallest absolute Gasteiger partial charge is 0.361 e. The molecule has 1 nitrogen and oxygen atoms in total. The minimum absolute atomic E-state index is 0.107. The summed E-state index contributed by atoms with van der Waals surface area (Å²) in [6.45, 7) is 0. The number of hydrogen-bond acceptors (Lipinski definition) is 1. The molecule has 0 heterocycles. The molecule has 7 heteroatoms. The largest absolute Gasteiger partial charge is 0.426 e. The van der Waals surface area contributed by atoms with Gasteiger partial charge < -0.3 is 4.74 Å². The molecule has 2 aliphatic rings. The van der Waals surface area contributed by atoms with Gasteiger partial charge in [-0.1, -0.05) is 12.2 Å². The first-order valence-electron chi connectivity index (χ1n) is 5.93. The highest BCUT2D eigenvalue weighted by Crippen LogP contribution is 2.59. The zero-order chi connectivity index (χ0) is 14.5. The number of ether oxygens (including phenoxy) is 1. The van der Waals surface area contributed by atoms with E-state index in [0.717, 1.165) is 0 Å². The van der Waals surface area contributed by atoms with Crippen LogP contribution in [-0.2, 0) is 4.74 Å². The van der Waals surface area contributed by atoms with Crippen LogP contribution in [0.15, 0.2) is 12.2 Å². The lowest BCUT2D eigenvalue weighted by Crippen LogP contribution is -2.60. The number of hydrogen-bond donors (Lipinski definition) is 0. The van der Waals surface area contributed by atoms with Crippen LogP contribution in [0.4, 0.5) is 26.3 Å².